The lowest BCUT2D eigenvalue weighted by Crippen LogP contribution is -2.37. The van der Waals surface area contributed by atoms with Gasteiger partial charge >= 0.3 is 0 Å². The topological polar surface area (TPSA) is 66.7 Å². The van der Waals surface area contributed by atoms with Crippen molar-refractivity contribution in [2.75, 3.05) is 31.1 Å². The van der Waals surface area contributed by atoms with Crippen molar-refractivity contribution >= 4 is 34.9 Å². The molecular formula is C18H21N3O3S2. The van der Waals surface area contributed by atoms with E-state index in [1.807, 2.05) is 33.7 Å². The first-order valence-corrected chi connectivity index (χ1v) is 10.8. The Bertz CT molecular complexity index is 810. The Kier molecular flexibility index (Phi) is 5.04. The zero-order chi connectivity index (χ0) is 18.1. The normalized spacial score (nSPS) is 20.6. The van der Waals surface area contributed by atoms with Gasteiger partial charge in [0.1, 0.15) is 5.76 Å². The molecule has 8 heteroatoms. The van der Waals surface area contributed by atoms with Crippen molar-refractivity contribution in [1.82, 2.24) is 14.8 Å². The minimum atomic E-state index is -0.0897. The fourth-order valence-corrected chi connectivity index (χ4v) is 5.55. The summed E-state index contributed by atoms with van der Waals surface area (Å²) in [6.07, 6.45) is 3.18. The molecule has 26 heavy (non-hydrogen) atoms. The predicted octanol–water partition coefficient (Wildman–Crippen LogP) is 3.21. The molecule has 4 heterocycles. The molecular weight excluding hydrogens is 370 g/mol. The van der Waals surface area contributed by atoms with Crippen molar-refractivity contribution in [3.63, 3.8) is 0 Å². The first kappa shape index (κ1) is 17.6. The second-order valence-corrected chi connectivity index (χ2v) is 8.86. The maximum absolute atomic E-state index is 12.8. The van der Waals surface area contributed by atoms with Gasteiger partial charge in [0, 0.05) is 36.0 Å². The highest BCUT2D eigenvalue weighted by atomic mass is 32.2. The highest BCUT2D eigenvalue weighted by Gasteiger charge is 2.34. The lowest BCUT2D eigenvalue weighted by atomic mass is 10.1. The van der Waals surface area contributed by atoms with E-state index in [-0.39, 0.29) is 17.9 Å². The van der Waals surface area contributed by atoms with Gasteiger partial charge in [-0.2, -0.15) is 11.8 Å². The summed E-state index contributed by atoms with van der Waals surface area (Å²) in [6, 6.07) is 3.93. The van der Waals surface area contributed by atoms with Gasteiger partial charge in [0.15, 0.2) is 12.1 Å². The SMILES string of the molecule is Cc1ocnc1C(=O)N1CCCC1c1ccc(C(=O)N2CCSCC2)s1. The molecule has 6 nitrogen and oxygen atoms in total. The molecule has 0 saturated carbocycles. The van der Waals surface area contributed by atoms with Crippen LogP contribution < -0.4 is 0 Å². The number of aryl methyl sites for hydroxylation is 1. The molecule has 2 aromatic rings. The molecule has 0 radical (unpaired) electrons. The maximum atomic E-state index is 12.8. The number of hydrogen-bond acceptors (Lipinski definition) is 6. The number of thiophene rings is 1. The standard InChI is InChI=1S/C18H21N3O3S2/c1-12-16(19-11-24-12)18(23)21-6-2-3-13(21)14-4-5-15(26-14)17(22)20-7-9-25-10-8-20/h4-5,11,13H,2-3,6-10H2,1H3. The van der Waals surface area contributed by atoms with Crippen molar-refractivity contribution in [3.8, 4) is 0 Å². The molecule has 2 fully saturated rings. The highest BCUT2D eigenvalue weighted by molar-refractivity contribution is 7.99. The first-order valence-electron chi connectivity index (χ1n) is 8.83. The van der Waals surface area contributed by atoms with Crippen molar-refractivity contribution in [1.29, 1.82) is 0 Å². The average Bonchev–Trinajstić information content (AvgIpc) is 3.41. The summed E-state index contributed by atoms with van der Waals surface area (Å²) in [7, 11) is 0. The van der Waals surface area contributed by atoms with Gasteiger partial charge < -0.3 is 14.2 Å². The molecule has 4 rings (SSSR count). The predicted molar refractivity (Wildman–Crippen MR) is 102 cm³/mol. The van der Waals surface area contributed by atoms with Gasteiger partial charge in [0.05, 0.1) is 10.9 Å². The molecule has 2 amide bonds. The van der Waals surface area contributed by atoms with Crippen LogP contribution in [0.1, 0.15) is 49.7 Å². The van der Waals surface area contributed by atoms with Crippen LogP contribution in [0.25, 0.3) is 0 Å². The zero-order valence-electron chi connectivity index (χ0n) is 14.6. The molecule has 1 unspecified atom stereocenters. The number of amides is 2. The molecule has 1 atom stereocenters. The molecule has 2 saturated heterocycles. The van der Waals surface area contributed by atoms with Gasteiger partial charge in [-0.05, 0) is 31.9 Å². The van der Waals surface area contributed by atoms with Gasteiger partial charge in [-0.25, -0.2) is 4.98 Å². The smallest absolute Gasteiger partial charge is 0.276 e. The number of likely N-dealkylation sites (tertiary alicyclic amines) is 1. The number of rotatable bonds is 3. The third-order valence-electron chi connectivity index (χ3n) is 4.93. The van der Waals surface area contributed by atoms with Crippen molar-refractivity contribution in [2.45, 2.75) is 25.8 Å². The van der Waals surface area contributed by atoms with E-state index in [1.165, 1.54) is 17.7 Å². The lowest BCUT2D eigenvalue weighted by Gasteiger charge is -2.26. The maximum Gasteiger partial charge on any atom is 0.276 e. The van der Waals surface area contributed by atoms with E-state index in [9.17, 15) is 9.59 Å². The monoisotopic (exact) mass is 391 g/mol. The van der Waals surface area contributed by atoms with Gasteiger partial charge in [-0.15, -0.1) is 11.3 Å². The summed E-state index contributed by atoms with van der Waals surface area (Å²) in [5, 5.41) is 0. The van der Waals surface area contributed by atoms with Gasteiger partial charge in [0.25, 0.3) is 11.8 Å². The molecule has 2 aromatic heterocycles. The summed E-state index contributed by atoms with van der Waals surface area (Å²) >= 11 is 3.41. The van der Waals surface area contributed by atoms with Gasteiger partial charge in [-0.1, -0.05) is 0 Å². The Morgan fingerprint density at radius 3 is 2.73 bits per heavy atom. The number of carbonyl (C=O) groups is 2. The van der Waals surface area contributed by atoms with Crippen molar-refractivity contribution < 1.29 is 14.0 Å². The molecule has 138 valence electrons. The molecule has 0 spiro atoms. The number of carbonyl (C=O) groups excluding carboxylic acids is 2. The minimum Gasteiger partial charge on any atom is -0.448 e. The lowest BCUT2D eigenvalue weighted by molar-refractivity contribution is 0.0730. The highest BCUT2D eigenvalue weighted by Crippen LogP contribution is 2.37. The Morgan fingerprint density at radius 1 is 1.19 bits per heavy atom. The van der Waals surface area contributed by atoms with Crippen LogP contribution in [0.4, 0.5) is 0 Å². The third-order valence-corrected chi connectivity index (χ3v) is 7.04. The van der Waals surface area contributed by atoms with Gasteiger partial charge in [-0.3, -0.25) is 9.59 Å². The van der Waals surface area contributed by atoms with Crippen LogP contribution in [0, 0.1) is 6.92 Å². The van der Waals surface area contributed by atoms with Crippen LogP contribution >= 0.6 is 23.1 Å². The Morgan fingerprint density at radius 2 is 2.00 bits per heavy atom. The zero-order valence-corrected chi connectivity index (χ0v) is 16.3. The van der Waals surface area contributed by atoms with Gasteiger partial charge in [0.2, 0.25) is 0 Å². The van der Waals surface area contributed by atoms with Crippen LogP contribution in [0.15, 0.2) is 22.9 Å². The number of aromatic nitrogens is 1. The van der Waals surface area contributed by atoms with Crippen LogP contribution in [0.5, 0.6) is 0 Å². The third kappa shape index (κ3) is 3.27. The number of hydrogen-bond donors (Lipinski definition) is 0. The summed E-state index contributed by atoms with van der Waals surface area (Å²) < 4.78 is 5.18. The van der Waals surface area contributed by atoms with Crippen LogP contribution in [-0.2, 0) is 0 Å². The second kappa shape index (κ2) is 7.44. The van der Waals surface area contributed by atoms with E-state index in [2.05, 4.69) is 4.98 Å². The molecule has 0 bridgehead atoms. The summed E-state index contributed by atoms with van der Waals surface area (Å²) in [5.41, 5.74) is 0.385. The molecule has 0 aromatic carbocycles. The average molecular weight is 392 g/mol. The van der Waals surface area contributed by atoms with Crippen LogP contribution in [0.3, 0.4) is 0 Å². The number of thioether (sulfide) groups is 1. The second-order valence-electron chi connectivity index (χ2n) is 6.52. The number of oxazole rings is 1. The fraction of sp³-hybridized carbons (Fsp3) is 0.500. The van der Waals surface area contributed by atoms with Crippen molar-refractivity contribution in [3.05, 3.63) is 39.7 Å². The Hall–Kier alpha value is -1.80. The van der Waals surface area contributed by atoms with Crippen LogP contribution in [0.2, 0.25) is 0 Å². The molecule has 2 aliphatic heterocycles. The largest absolute Gasteiger partial charge is 0.448 e. The summed E-state index contributed by atoms with van der Waals surface area (Å²) in [6.45, 7) is 4.09. The van der Waals surface area contributed by atoms with E-state index in [1.54, 1.807) is 6.92 Å². The quantitative estimate of drug-likeness (QED) is 0.804. The van der Waals surface area contributed by atoms with E-state index < -0.39 is 0 Å². The minimum absolute atomic E-state index is 0.0158. The van der Waals surface area contributed by atoms with E-state index in [0.717, 1.165) is 47.2 Å². The Balaban J connectivity index is 1.52. The molecule has 0 aliphatic carbocycles. The fourth-order valence-electron chi connectivity index (χ4n) is 3.52. The summed E-state index contributed by atoms with van der Waals surface area (Å²) in [4.78, 5) is 35.2. The van der Waals surface area contributed by atoms with E-state index in [4.69, 9.17) is 4.42 Å². The Labute approximate surface area is 160 Å². The summed E-state index contributed by atoms with van der Waals surface area (Å²) in [5.74, 6) is 2.58. The first-order chi connectivity index (χ1) is 12.6. The van der Waals surface area contributed by atoms with Crippen LogP contribution in [-0.4, -0.2) is 57.7 Å². The van der Waals surface area contributed by atoms with Crippen molar-refractivity contribution in [2.24, 2.45) is 0 Å². The molecule has 2 aliphatic rings. The van der Waals surface area contributed by atoms with E-state index >= 15 is 0 Å². The number of nitrogens with zero attached hydrogens (tertiary/aromatic N) is 3. The van der Waals surface area contributed by atoms with E-state index in [0.29, 0.717) is 18.0 Å². The molecule has 0 N–H and O–H groups in total.